The van der Waals surface area contributed by atoms with E-state index in [1.54, 1.807) is 0 Å². The third-order valence-electron chi connectivity index (χ3n) is 9.21. The Morgan fingerprint density at radius 3 is 0.979 bits per heavy atom. The van der Waals surface area contributed by atoms with Crippen LogP contribution in [0.1, 0.15) is 207 Å². The van der Waals surface area contributed by atoms with Crippen molar-refractivity contribution in [2.75, 3.05) is 24.7 Å². The van der Waals surface area contributed by atoms with Crippen molar-refractivity contribution >= 4 is 45.4 Å². The van der Waals surface area contributed by atoms with E-state index < -0.39 is 15.6 Å². The van der Waals surface area contributed by atoms with Gasteiger partial charge in [-0.3, -0.25) is 0 Å². The average Bonchev–Trinajstić information content (AvgIpc) is 3.07. The zero-order chi connectivity index (χ0) is 34.5. The van der Waals surface area contributed by atoms with Crippen molar-refractivity contribution in [3.05, 3.63) is 0 Å². The van der Waals surface area contributed by atoms with E-state index in [1.165, 1.54) is 150 Å². The maximum atomic E-state index is 12.4. The number of hydrogen-bond acceptors (Lipinski definition) is 6. The van der Waals surface area contributed by atoms with Gasteiger partial charge in [-0.05, 0) is 0 Å². The van der Waals surface area contributed by atoms with Crippen LogP contribution in [0.2, 0.25) is 8.87 Å². The van der Waals surface area contributed by atoms with Gasteiger partial charge in [0.2, 0.25) is 0 Å². The molecule has 0 saturated heterocycles. The van der Waals surface area contributed by atoms with Crippen LogP contribution < -0.4 is 0 Å². The summed E-state index contributed by atoms with van der Waals surface area (Å²) in [6.45, 7) is 10.2. The van der Waals surface area contributed by atoms with Gasteiger partial charge in [0, 0.05) is 0 Å². The second kappa shape index (κ2) is 37.7. The van der Waals surface area contributed by atoms with Crippen molar-refractivity contribution in [3.63, 3.8) is 0 Å². The zero-order valence-corrected chi connectivity index (χ0v) is 36.5. The minimum absolute atomic E-state index is 0.0122. The Morgan fingerprint density at radius 1 is 0.404 bits per heavy atom. The van der Waals surface area contributed by atoms with Crippen molar-refractivity contribution in [1.82, 2.24) is 0 Å². The minimum atomic E-state index is -2.54. The molecule has 0 bridgehead atoms. The number of hydrogen-bond donors (Lipinski definition) is 0. The molecule has 0 amide bonds. The Bertz CT molecular complexity index is 623. The molecule has 0 aliphatic rings. The minimum Gasteiger partial charge on any atom is -0.0654 e. The predicted octanol–water partition coefficient (Wildman–Crippen LogP) is 14.0. The molecule has 4 nitrogen and oxygen atoms in total. The molecule has 0 fully saturated rings. The molecule has 0 aromatic rings. The van der Waals surface area contributed by atoms with Crippen LogP contribution in [-0.4, -0.2) is 52.3 Å². The first-order valence-electron chi connectivity index (χ1n) is 20.6. The van der Waals surface area contributed by atoms with Gasteiger partial charge >= 0.3 is 228 Å². The summed E-state index contributed by atoms with van der Waals surface area (Å²) in [6, 6.07) is 0. The molecule has 0 rings (SSSR count). The van der Waals surface area contributed by atoms with Gasteiger partial charge in [-0.25, -0.2) is 0 Å². The van der Waals surface area contributed by atoms with Gasteiger partial charge in [-0.1, -0.05) is 78.1 Å². The smallest absolute Gasteiger partial charge is 0.0654 e. The maximum absolute atomic E-state index is 12.4. The Labute approximate surface area is 303 Å². The predicted molar refractivity (Wildman–Crippen MR) is 214 cm³/mol. The van der Waals surface area contributed by atoms with Crippen LogP contribution >= 0.6 is 17.9 Å². The first-order valence-corrected chi connectivity index (χ1v) is 33.6. The fourth-order valence-electron chi connectivity index (χ4n) is 6.13. The van der Waals surface area contributed by atoms with Crippen LogP contribution in [0.25, 0.3) is 0 Å². The van der Waals surface area contributed by atoms with Crippen molar-refractivity contribution < 1.29 is 19.1 Å². The van der Waals surface area contributed by atoms with Crippen LogP contribution in [-0.2, 0) is 19.1 Å². The summed E-state index contributed by atoms with van der Waals surface area (Å²) in [5.74, 6) is 1.83. The molecule has 47 heavy (non-hydrogen) atoms. The molecular formula is C40H80O4S2Sn. The summed E-state index contributed by atoms with van der Waals surface area (Å²) in [5.41, 5.74) is 0. The van der Waals surface area contributed by atoms with E-state index in [2.05, 4.69) is 45.6 Å². The molecule has 7 heteroatoms. The monoisotopic (exact) mass is 808 g/mol. The van der Waals surface area contributed by atoms with Gasteiger partial charge < -0.3 is 0 Å². The van der Waals surface area contributed by atoms with E-state index in [-0.39, 0.29) is 11.9 Å². The summed E-state index contributed by atoms with van der Waals surface area (Å²) in [5, 5.41) is 0. The molecule has 0 N–H and O–H groups in total. The normalized spacial score (nSPS) is 11.7. The Hall–Kier alpha value is 0.439. The molecule has 0 spiro atoms. The van der Waals surface area contributed by atoms with E-state index >= 15 is 0 Å². The first-order chi connectivity index (χ1) is 23.0. The van der Waals surface area contributed by atoms with Gasteiger partial charge in [-0.2, -0.15) is 0 Å². The molecule has 0 saturated carbocycles. The average molecular weight is 808 g/mol. The number of ether oxygens (including phenoxy) is 2. The van der Waals surface area contributed by atoms with Crippen LogP contribution in [0.5, 0.6) is 0 Å². The standard InChI is InChI=1S/2C16H32O2S.2C4H9.Sn/c2*1-2-3-4-5-6-7-8-9-10-11-12-13-16(17)18-14-15-19;2*1-3-4-2;/h2*19H,2-15H2,1H3;2*1,3-4H2,2H3;/q;;;;+2/p-2. The molecular weight excluding hydrogens is 727 g/mol. The molecule has 0 aromatic carbocycles. The van der Waals surface area contributed by atoms with Crippen LogP contribution in [0, 0.1) is 0 Å². The van der Waals surface area contributed by atoms with Gasteiger partial charge in [0.1, 0.15) is 0 Å². The molecule has 0 unspecified atom stereocenters. The zero-order valence-electron chi connectivity index (χ0n) is 32.0. The summed E-state index contributed by atoms with van der Waals surface area (Å²) < 4.78 is 14.1. The molecule has 280 valence electrons. The third-order valence-corrected chi connectivity index (χ3v) is 40.1. The van der Waals surface area contributed by atoms with Crippen molar-refractivity contribution in [3.8, 4) is 0 Å². The fourth-order valence-corrected chi connectivity index (χ4v) is 36.0. The molecule has 0 aromatic heterocycles. The summed E-state index contributed by atoms with van der Waals surface area (Å²) in [7, 11) is 4.36. The SMILES string of the molecule is CCCCCCCCCCCCCC(=O)OCC[S][Sn]([CH2]CCC)([CH2]CCC)[S]CCOC(=O)CCCCCCCCCCCCC. The van der Waals surface area contributed by atoms with Crippen LogP contribution in [0.15, 0.2) is 0 Å². The molecule has 0 radical (unpaired) electrons. The Morgan fingerprint density at radius 2 is 0.681 bits per heavy atom. The number of unbranched alkanes of at least 4 members (excludes halogenated alkanes) is 22. The summed E-state index contributed by atoms with van der Waals surface area (Å²) in [6.07, 6.45) is 34.7. The quantitative estimate of drug-likeness (QED) is 0.0352. The number of esters is 2. The van der Waals surface area contributed by atoms with E-state index in [4.69, 9.17) is 9.47 Å². The molecule has 0 aliphatic carbocycles. The first kappa shape index (κ1) is 47.4. The van der Waals surface area contributed by atoms with Crippen molar-refractivity contribution in [2.45, 2.75) is 216 Å². The third kappa shape index (κ3) is 33.4. The van der Waals surface area contributed by atoms with Crippen molar-refractivity contribution in [2.24, 2.45) is 0 Å². The van der Waals surface area contributed by atoms with E-state index in [1.807, 2.05) is 0 Å². The van der Waals surface area contributed by atoms with Gasteiger partial charge in [0.05, 0.1) is 0 Å². The van der Waals surface area contributed by atoms with Crippen LogP contribution in [0.3, 0.4) is 0 Å². The van der Waals surface area contributed by atoms with Gasteiger partial charge in [0.15, 0.2) is 0 Å². The fraction of sp³-hybridized carbons (Fsp3) is 0.950. The second-order valence-corrected chi connectivity index (χ2v) is 40.4. The number of rotatable bonds is 38. The Kier molecular flexibility index (Phi) is 38.0. The van der Waals surface area contributed by atoms with E-state index in [9.17, 15) is 9.59 Å². The summed E-state index contributed by atoms with van der Waals surface area (Å²) >= 11 is -2.54. The number of carbonyl (C=O) groups is 2. The summed E-state index contributed by atoms with van der Waals surface area (Å²) in [4.78, 5) is 24.7. The van der Waals surface area contributed by atoms with Gasteiger partial charge in [0.25, 0.3) is 0 Å². The van der Waals surface area contributed by atoms with E-state index in [0.29, 0.717) is 26.1 Å². The Balaban J connectivity index is 4.17. The molecule has 0 atom stereocenters. The second-order valence-electron chi connectivity index (χ2n) is 13.8. The van der Waals surface area contributed by atoms with Crippen LogP contribution in [0.4, 0.5) is 0 Å². The number of carbonyl (C=O) groups excluding carboxylic acids is 2. The molecule has 0 heterocycles. The van der Waals surface area contributed by atoms with Gasteiger partial charge in [-0.15, -0.1) is 0 Å². The molecule has 0 aliphatic heterocycles. The van der Waals surface area contributed by atoms with Crippen molar-refractivity contribution in [1.29, 1.82) is 0 Å². The van der Waals surface area contributed by atoms with E-state index in [0.717, 1.165) is 37.2 Å². The topological polar surface area (TPSA) is 52.6 Å².